The van der Waals surface area contributed by atoms with Gasteiger partial charge < -0.3 is 10.0 Å². The van der Waals surface area contributed by atoms with Crippen LogP contribution in [0.3, 0.4) is 0 Å². The van der Waals surface area contributed by atoms with E-state index in [-0.39, 0.29) is 36.1 Å². The molecule has 7 nitrogen and oxygen atoms in total. The van der Waals surface area contributed by atoms with Gasteiger partial charge in [0.1, 0.15) is 6.04 Å². The first-order valence-electron chi connectivity index (χ1n) is 8.35. The van der Waals surface area contributed by atoms with Crippen molar-refractivity contribution < 1.29 is 24.3 Å². The van der Waals surface area contributed by atoms with Gasteiger partial charge in [0.2, 0.25) is 11.8 Å². The summed E-state index contributed by atoms with van der Waals surface area (Å²) in [6.07, 6.45) is 2.27. The standard InChI is InChI=1S/C18H20N2O5/c1-10(18(24)25)20(14-6-7-14)17(23)12-4-2-11(3-5-12)8-13-9-15(21)19-16(13)22/h2-5,10,13-14H,6-9H2,1H3,(H,24,25)(H,19,21,22). The van der Waals surface area contributed by atoms with Crippen LogP contribution in [0.15, 0.2) is 24.3 Å². The van der Waals surface area contributed by atoms with Crippen LogP contribution in [0.25, 0.3) is 0 Å². The highest BCUT2D eigenvalue weighted by Gasteiger charge is 2.38. The third-order valence-corrected chi connectivity index (χ3v) is 4.70. The van der Waals surface area contributed by atoms with E-state index in [1.807, 2.05) is 0 Å². The van der Waals surface area contributed by atoms with Gasteiger partial charge in [0.25, 0.3) is 5.91 Å². The molecule has 1 heterocycles. The Labute approximate surface area is 145 Å². The second-order valence-electron chi connectivity index (χ2n) is 6.67. The van der Waals surface area contributed by atoms with Crippen LogP contribution >= 0.6 is 0 Å². The molecular weight excluding hydrogens is 324 g/mol. The number of carboxylic acid groups (broad SMARTS) is 1. The van der Waals surface area contributed by atoms with Gasteiger partial charge in [0, 0.05) is 18.0 Å². The Morgan fingerprint density at radius 1 is 1.24 bits per heavy atom. The number of carbonyl (C=O) groups excluding carboxylic acids is 3. The highest BCUT2D eigenvalue weighted by Crippen LogP contribution is 2.30. The predicted octanol–water partition coefficient (Wildman–Crippen LogP) is 0.970. The van der Waals surface area contributed by atoms with Crippen molar-refractivity contribution >= 4 is 23.7 Å². The summed E-state index contributed by atoms with van der Waals surface area (Å²) in [5.74, 6) is -2.21. The topological polar surface area (TPSA) is 104 Å². The zero-order chi connectivity index (χ0) is 18.1. The van der Waals surface area contributed by atoms with Gasteiger partial charge in [0.15, 0.2) is 0 Å². The third kappa shape index (κ3) is 3.70. The van der Waals surface area contributed by atoms with Crippen LogP contribution < -0.4 is 5.32 Å². The molecular formula is C18H20N2O5. The molecule has 0 bridgehead atoms. The highest BCUT2D eigenvalue weighted by atomic mass is 16.4. The van der Waals surface area contributed by atoms with E-state index >= 15 is 0 Å². The SMILES string of the molecule is CC(C(=O)O)N(C(=O)c1ccc(CC2CC(=O)NC2=O)cc1)C1CC1. The fourth-order valence-corrected chi connectivity index (χ4v) is 3.12. The second-order valence-corrected chi connectivity index (χ2v) is 6.67. The van der Waals surface area contributed by atoms with E-state index in [4.69, 9.17) is 0 Å². The van der Waals surface area contributed by atoms with E-state index in [0.717, 1.165) is 18.4 Å². The van der Waals surface area contributed by atoms with E-state index in [2.05, 4.69) is 5.32 Å². The van der Waals surface area contributed by atoms with E-state index in [9.17, 15) is 24.3 Å². The maximum Gasteiger partial charge on any atom is 0.326 e. The van der Waals surface area contributed by atoms with Crippen LogP contribution in [0.1, 0.15) is 42.1 Å². The summed E-state index contributed by atoms with van der Waals surface area (Å²) in [6.45, 7) is 1.52. The molecule has 1 saturated carbocycles. The molecule has 0 spiro atoms. The normalized spacial score (nSPS) is 20.9. The Morgan fingerprint density at radius 3 is 2.36 bits per heavy atom. The first-order valence-corrected chi connectivity index (χ1v) is 8.35. The average molecular weight is 344 g/mol. The van der Waals surface area contributed by atoms with Crippen molar-refractivity contribution in [1.29, 1.82) is 0 Å². The summed E-state index contributed by atoms with van der Waals surface area (Å²) in [7, 11) is 0. The summed E-state index contributed by atoms with van der Waals surface area (Å²) >= 11 is 0. The van der Waals surface area contributed by atoms with Crippen molar-refractivity contribution in [2.45, 2.75) is 44.7 Å². The lowest BCUT2D eigenvalue weighted by molar-refractivity contribution is -0.142. The van der Waals surface area contributed by atoms with Crippen molar-refractivity contribution in [3.63, 3.8) is 0 Å². The Bertz CT molecular complexity index is 723. The molecule has 7 heteroatoms. The monoisotopic (exact) mass is 344 g/mol. The van der Waals surface area contributed by atoms with Crippen LogP contribution in [-0.2, 0) is 20.8 Å². The molecule has 2 aliphatic rings. The quantitative estimate of drug-likeness (QED) is 0.749. The largest absolute Gasteiger partial charge is 0.480 e. The number of imide groups is 1. The zero-order valence-electron chi connectivity index (χ0n) is 13.9. The number of benzene rings is 1. The van der Waals surface area contributed by atoms with Crippen LogP contribution in [0.4, 0.5) is 0 Å². The number of nitrogens with zero attached hydrogens (tertiary/aromatic N) is 1. The lowest BCUT2D eigenvalue weighted by Crippen LogP contribution is -2.44. The first-order chi connectivity index (χ1) is 11.9. The summed E-state index contributed by atoms with van der Waals surface area (Å²) in [5.41, 5.74) is 1.28. The number of carbonyl (C=O) groups is 4. The van der Waals surface area contributed by atoms with Gasteiger partial charge in [-0.3, -0.25) is 19.7 Å². The van der Waals surface area contributed by atoms with Crippen molar-refractivity contribution in [3.05, 3.63) is 35.4 Å². The minimum Gasteiger partial charge on any atom is -0.480 e. The maximum atomic E-state index is 12.7. The summed E-state index contributed by atoms with van der Waals surface area (Å²) in [5, 5.41) is 11.5. The van der Waals surface area contributed by atoms with Crippen LogP contribution in [0.2, 0.25) is 0 Å². The first kappa shape index (κ1) is 17.1. The zero-order valence-corrected chi connectivity index (χ0v) is 13.9. The van der Waals surface area contributed by atoms with E-state index < -0.39 is 12.0 Å². The van der Waals surface area contributed by atoms with Crippen molar-refractivity contribution in [1.82, 2.24) is 10.2 Å². The number of aliphatic carboxylic acids is 1. The van der Waals surface area contributed by atoms with E-state index in [1.54, 1.807) is 24.3 Å². The molecule has 3 rings (SSSR count). The molecule has 1 aliphatic heterocycles. The number of nitrogens with one attached hydrogen (secondary N) is 1. The lowest BCUT2D eigenvalue weighted by Gasteiger charge is -2.26. The number of hydrogen-bond acceptors (Lipinski definition) is 4. The van der Waals surface area contributed by atoms with Gasteiger partial charge in [-0.15, -0.1) is 0 Å². The molecule has 2 unspecified atom stereocenters. The second kappa shape index (κ2) is 6.66. The molecule has 132 valence electrons. The molecule has 1 aliphatic carbocycles. The minimum absolute atomic E-state index is 0.00789. The molecule has 3 amide bonds. The molecule has 1 aromatic carbocycles. The Kier molecular flexibility index (Phi) is 4.57. The molecule has 0 aromatic heterocycles. The van der Waals surface area contributed by atoms with Crippen molar-refractivity contribution in [2.75, 3.05) is 0 Å². The number of amides is 3. The van der Waals surface area contributed by atoms with Crippen molar-refractivity contribution in [3.8, 4) is 0 Å². The molecule has 2 fully saturated rings. The van der Waals surface area contributed by atoms with E-state index in [1.165, 1.54) is 11.8 Å². The highest BCUT2D eigenvalue weighted by molar-refractivity contribution is 6.03. The Balaban J connectivity index is 1.70. The number of carboxylic acids is 1. The molecule has 0 radical (unpaired) electrons. The predicted molar refractivity (Wildman–Crippen MR) is 87.7 cm³/mol. The van der Waals surface area contributed by atoms with E-state index in [0.29, 0.717) is 12.0 Å². The third-order valence-electron chi connectivity index (χ3n) is 4.70. The molecule has 25 heavy (non-hydrogen) atoms. The smallest absolute Gasteiger partial charge is 0.326 e. The fraction of sp³-hybridized carbons (Fsp3) is 0.444. The summed E-state index contributed by atoms with van der Waals surface area (Å²) in [6, 6.07) is 5.92. The van der Waals surface area contributed by atoms with Crippen LogP contribution in [0, 0.1) is 5.92 Å². The molecule has 1 aromatic rings. The molecule has 1 saturated heterocycles. The van der Waals surface area contributed by atoms with Gasteiger partial charge in [0.05, 0.1) is 5.92 Å². The Hall–Kier alpha value is -2.70. The van der Waals surface area contributed by atoms with Gasteiger partial charge in [-0.1, -0.05) is 12.1 Å². The maximum absolute atomic E-state index is 12.7. The van der Waals surface area contributed by atoms with Gasteiger partial charge in [-0.05, 0) is 43.9 Å². The summed E-state index contributed by atoms with van der Waals surface area (Å²) < 4.78 is 0. The number of rotatable bonds is 6. The van der Waals surface area contributed by atoms with Gasteiger partial charge in [-0.25, -0.2) is 4.79 Å². The van der Waals surface area contributed by atoms with Gasteiger partial charge >= 0.3 is 5.97 Å². The van der Waals surface area contributed by atoms with Crippen LogP contribution in [-0.4, -0.2) is 45.8 Å². The lowest BCUT2D eigenvalue weighted by atomic mass is 9.97. The Morgan fingerprint density at radius 2 is 1.88 bits per heavy atom. The van der Waals surface area contributed by atoms with Gasteiger partial charge in [-0.2, -0.15) is 0 Å². The van der Waals surface area contributed by atoms with Crippen molar-refractivity contribution in [2.24, 2.45) is 5.92 Å². The minimum atomic E-state index is -1.02. The average Bonchev–Trinajstić information content (AvgIpc) is 3.34. The molecule has 2 N–H and O–H groups in total. The molecule has 2 atom stereocenters. The number of hydrogen-bond donors (Lipinski definition) is 2. The fourth-order valence-electron chi connectivity index (χ4n) is 3.12. The van der Waals surface area contributed by atoms with Crippen LogP contribution in [0.5, 0.6) is 0 Å². The summed E-state index contributed by atoms with van der Waals surface area (Å²) in [4.78, 5) is 48.2.